The van der Waals surface area contributed by atoms with Gasteiger partial charge in [0.05, 0.1) is 11.4 Å². The van der Waals surface area contributed by atoms with Crippen molar-refractivity contribution in [2.45, 2.75) is 32.1 Å². The molecule has 1 aromatic rings. The van der Waals surface area contributed by atoms with Gasteiger partial charge in [0, 0.05) is 25.1 Å². The first-order valence-corrected chi connectivity index (χ1v) is 8.29. The zero-order valence-electron chi connectivity index (χ0n) is 13.3. The summed E-state index contributed by atoms with van der Waals surface area (Å²) in [4.78, 5) is 26.0. The van der Waals surface area contributed by atoms with E-state index in [0.29, 0.717) is 23.6 Å². The molecule has 122 valence electrons. The molecule has 2 amide bonds. The van der Waals surface area contributed by atoms with Crippen LogP contribution in [0.5, 0.6) is 0 Å². The Hall–Kier alpha value is -2.30. The maximum absolute atomic E-state index is 12.3. The Morgan fingerprint density at radius 3 is 2.70 bits per heavy atom. The van der Waals surface area contributed by atoms with E-state index in [1.54, 1.807) is 12.1 Å². The topological polar surface area (TPSA) is 75.4 Å². The number of carbonyl (C=O) groups is 2. The predicted octanol–water partition coefficient (Wildman–Crippen LogP) is 2.68. The zero-order valence-corrected chi connectivity index (χ0v) is 13.3. The van der Waals surface area contributed by atoms with Crippen LogP contribution in [0.3, 0.4) is 0 Å². The molecule has 1 aromatic carbocycles. The number of hydrogen-bond donors (Lipinski definition) is 2. The fourth-order valence-corrected chi connectivity index (χ4v) is 3.33. The van der Waals surface area contributed by atoms with Gasteiger partial charge in [-0.3, -0.25) is 9.59 Å². The highest BCUT2D eigenvalue weighted by atomic mass is 16.2. The largest absolute Gasteiger partial charge is 0.370 e. The van der Waals surface area contributed by atoms with Crippen molar-refractivity contribution in [1.29, 1.82) is 0 Å². The highest BCUT2D eigenvalue weighted by molar-refractivity contribution is 5.99. The molecule has 3 rings (SSSR count). The lowest BCUT2D eigenvalue weighted by Gasteiger charge is -2.22. The number of allylic oxidation sites excluding steroid dienone is 2. The van der Waals surface area contributed by atoms with E-state index < -0.39 is 5.91 Å². The van der Waals surface area contributed by atoms with Crippen LogP contribution in [0.4, 0.5) is 11.4 Å². The summed E-state index contributed by atoms with van der Waals surface area (Å²) in [6.45, 7) is 1.95. The molecular weight excluding hydrogens is 290 g/mol. The molecule has 1 fully saturated rings. The SMILES string of the molecule is NC(=O)c1ccc(N2CCCC2)c(NC(=O)C[C@H]2C=CCC2)c1. The van der Waals surface area contributed by atoms with Crippen LogP contribution in [0.2, 0.25) is 0 Å². The van der Waals surface area contributed by atoms with E-state index in [1.807, 2.05) is 6.07 Å². The Balaban J connectivity index is 1.79. The summed E-state index contributed by atoms with van der Waals surface area (Å²) in [6, 6.07) is 5.31. The lowest BCUT2D eigenvalue weighted by Crippen LogP contribution is -2.22. The van der Waals surface area contributed by atoms with Crippen molar-refractivity contribution in [3.63, 3.8) is 0 Å². The molecule has 0 saturated carbocycles. The van der Waals surface area contributed by atoms with Crippen LogP contribution in [0.25, 0.3) is 0 Å². The quantitative estimate of drug-likeness (QED) is 0.821. The predicted molar refractivity (Wildman–Crippen MR) is 91.5 cm³/mol. The fraction of sp³-hybridized carbons (Fsp3) is 0.444. The van der Waals surface area contributed by atoms with E-state index in [0.717, 1.165) is 44.5 Å². The van der Waals surface area contributed by atoms with Gasteiger partial charge < -0.3 is 16.0 Å². The number of amides is 2. The molecule has 3 N–H and O–H groups in total. The van der Waals surface area contributed by atoms with E-state index in [4.69, 9.17) is 5.73 Å². The second kappa shape index (κ2) is 6.86. The minimum Gasteiger partial charge on any atom is -0.370 e. The zero-order chi connectivity index (χ0) is 16.2. The van der Waals surface area contributed by atoms with Crippen molar-refractivity contribution < 1.29 is 9.59 Å². The van der Waals surface area contributed by atoms with Crippen LogP contribution in [0.1, 0.15) is 42.5 Å². The first-order chi connectivity index (χ1) is 11.1. The van der Waals surface area contributed by atoms with Crippen LogP contribution in [-0.4, -0.2) is 24.9 Å². The Labute approximate surface area is 136 Å². The molecule has 0 bridgehead atoms. The van der Waals surface area contributed by atoms with Crippen molar-refractivity contribution in [3.05, 3.63) is 35.9 Å². The van der Waals surface area contributed by atoms with Gasteiger partial charge in [0.25, 0.3) is 0 Å². The lowest BCUT2D eigenvalue weighted by atomic mass is 10.0. The highest BCUT2D eigenvalue weighted by Gasteiger charge is 2.20. The van der Waals surface area contributed by atoms with Gasteiger partial charge in [-0.1, -0.05) is 12.2 Å². The first kappa shape index (κ1) is 15.6. The Bertz CT molecular complexity index is 633. The molecule has 0 aromatic heterocycles. The number of hydrogen-bond acceptors (Lipinski definition) is 3. The lowest BCUT2D eigenvalue weighted by molar-refractivity contribution is -0.116. The number of primary amides is 1. The molecular formula is C18H23N3O2. The summed E-state index contributed by atoms with van der Waals surface area (Å²) in [7, 11) is 0. The standard InChI is InChI=1S/C18H23N3O2/c19-18(23)14-7-8-16(21-9-3-4-10-21)15(12-14)20-17(22)11-13-5-1-2-6-13/h1,5,7-8,12-13H,2-4,6,9-11H2,(H2,19,23)(H,20,22)/t13-/m0/s1. The molecule has 0 unspecified atom stereocenters. The monoisotopic (exact) mass is 313 g/mol. The van der Waals surface area contributed by atoms with Crippen molar-refractivity contribution in [3.8, 4) is 0 Å². The van der Waals surface area contributed by atoms with Crippen molar-refractivity contribution in [1.82, 2.24) is 0 Å². The summed E-state index contributed by atoms with van der Waals surface area (Å²) >= 11 is 0. The third-order valence-corrected chi connectivity index (χ3v) is 4.56. The van der Waals surface area contributed by atoms with Crippen LogP contribution in [0.15, 0.2) is 30.4 Å². The number of nitrogens with zero attached hydrogens (tertiary/aromatic N) is 1. The van der Waals surface area contributed by atoms with Crippen LogP contribution < -0.4 is 16.0 Å². The minimum absolute atomic E-state index is 0.0105. The molecule has 1 aliphatic heterocycles. The molecule has 1 saturated heterocycles. The van der Waals surface area contributed by atoms with Gasteiger partial charge in [0.1, 0.15) is 0 Å². The van der Waals surface area contributed by atoms with Crippen molar-refractivity contribution >= 4 is 23.2 Å². The van der Waals surface area contributed by atoms with E-state index in [1.165, 1.54) is 0 Å². The molecule has 5 heteroatoms. The second-order valence-electron chi connectivity index (χ2n) is 6.31. The van der Waals surface area contributed by atoms with Gasteiger partial charge in [0.15, 0.2) is 0 Å². The fourth-order valence-electron chi connectivity index (χ4n) is 3.33. The third-order valence-electron chi connectivity index (χ3n) is 4.56. The summed E-state index contributed by atoms with van der Waals surface area (Å²) < 4.78 is 0. The van der Waals surface area contributed by atoms with Crippen LogP contribution in [-0.2, 0) is 4.79 Å². The van der Waals surface area contributed by atoms with Crippen LogP contribution >= 0.6 is 0 Å². The van der Waals surface area contributed by atoms with Crippen LogP contribution in [0, 0.1) is 5.92 Å². The molecule has 0 spiro atoms. The summed E-state index contributed by atoms with van der Waals surface area (Å²) in [6.07, 6.45) is 9.11. The van der Waals surface area contributed by atoms with Crippen molar-refractivity contribution in [2.75, 3.05) is 23.3 Å². The van der Waals surface area contributed by atoms with Gasteiger partial charge in [-0.2, -0.15) is 0 Å². The Morgan fingerprint density at radius 1 is 1.26 bits per heavy atom. The van der Waals surface area contributed by atoms with Gasteiger partial charge in [-0.05, 0) is 49.8 Å². The van der Waals surface area contributed by atoms with E-state index in [-0.39, 0.29) is 5.91 Å². The second-order valence-corrected chi connectivity index (χ2v) is 6.31. The minimum atomic E-state index is -0.479. The maximum Gasteiger partial charge on any atom is 0.248 e. The average Bonchev–Trinajstić information content (AvgIpc) is 3.20. The van der Waals surface area contributed by atoms with Gasteiger partial charge >= 0.3 is 0 Å². The maximum atomic E-state index is 12.3. The van der Waals surface area contributed by atoms with Gasteiger partial charge in [-0.15, -0.1) is 0 Å². The first-order valence-electron chi connectivity index (χ1n) is 8.29. The molecule has 2 aliphatic rings. The number of carbonyl (C=O) groups excluding carboxylic acids is 2. The Morgan fingerprint density at radius 2 is 2.04 bits per heavy atom. The summed E-state index contributed by atoms with van der Waals surface area (Å²) in [5.74, 6) is -0.166. The average molecular weight is 313 g/mol. The summed E-state index contributed by atoms with van der Waals surface area (Å²) in [5.41, 5.74) is 7.46. The molecule has 23 heavy (non-hydrogen) atoms. The number of nitrogens with one attached hydrogen (secondary N) is 1. The smallest absolute Gasteiger partial charge is 0.248 e. The highest BCUT2D eigenvalue weighted by Crippen LogP contribution is 2.31. The van der Waals surface area contributed by atoms with E-state index in [9.17, 15) is 9.59 Å². The Kier molecular flexibility index (Phi) is 4.65. The third kappa shape index (κ3) is 3.73. The van der Waals surface area contributed by atoms with E-state index >= 15 is 0 Å². The van der Waals surface area contributed by atoms with E-state index in [2.05, 4.69) is 22.4 Å². The molecule has 1 atom stereocenters. The number of nitrogens with two attached hydrogens (primary N) is 1. The molecule has 1 heterocycles. The van der Waals surface area contributed by atoms with Gasteiger partial charge in [-0.25, -0.2) is 0 Å². The van der Waals surface area contributed by atoms with Crippen molar-refractivity contribution in [2.24, 2.45) is 11.7 Å². The molecule has 5 nitrogen and oxygen atoms in total. The normalized spacial score (nSPS) is 20.0. The molecule has 0 radical (unpaired) electrons. The number of anilines is 2. The number of rotatable bonds is 5. The van der Waals surface area contributed by atoms with Gasteiger partial charge in [0.2, 0.25) is 11.8 Å². The molecule has 1 aliphatic carbocycles. The summed E-state index contributed by atoms with van der Waals surface area (Å²) in [5, 5.41) is 2.99. The number of benzene rings is 1.